The van der Waals surface area contributed by atoms with Gasteiger partial charge in [0.2, 0.25) is 0 Å². The van der Waals surface area contributed by atoms with Crippen LogP contribution in [0.25, 0.3) is 0 Å². The summed E-state index contributed by atoms with van der Waals surface area (Å²) in [5, 5.41) is 1.11. The molecule has 0 amide bonds. The van der Waals surface area contributed by atoms with Crippen molar-refractivity contribution >= 4 is 46.4 Å². The van der Waals surface area contributed by atoms with Crippen LogP contribution in [0.5, 0.6) is 11.5 Å². The van der Waals surface area contributed by atoms with Crippen molar-refractivity contribution in [2.24, 2.45) is 0 Å². The minimum absolute atomic E-state index is 0.316. The Hall–Kier alpha value is -0.670. The standard InChI is InChI=1S/C12H7Cl4NO/c13-5-7-1-2-17-6-12(7)18-11-4-9(15)8(14)3-10(11)16/h1-4,6H,5H2. The highest BCUT2D eigenvalue weighted by molar-refractivity contribution is 6.43. The monoisotopic (exact) mass is 321 g/mol. The molecule has 1 aromatic heterocycles. The maximum absolute atomic E-state index is 6.03. The maximum Gasteiger partial charge on any atom is 0.150 e. The number of alkyl halides is 1. The quantitative estimate of drug-likeness (QED) is 0.544. The van der Waals surface area contributed by atoms with E-state index in [-0.39, 0.29) is 0 Å². The highest BCUT2D eigenvalue weighted by Gasteiger charge is 2.10. The minimum atomic E-state index is 0.316. The second-order valence-corrected chi connectivity index (χ2v) is 4.90. The molecule has 2 rings (SSSR count). The maximum atomic E-state index is 6.03. The van der Waals surface area contributed by atoms with Gasteiger partial charge in [0.15, 0.2) is 0 Å². The van der Waals surface area contributed by atoms with Crippen LogP contribution in [0.2, 0.25) is 15.1 Å². The third kappa shape index (κ3) is 3.01. The molecule has 1 heterocycles. The largest absolute Gasteiger partial charge is 0.454 e. The number of benzene rings is 1. The fraction of sp³-hybridized carbons (Fsp3) is 0.0833. The van der Waals surface area contributed by atoms with Crippen LogP contribution in [-0.2, 0) is 5.88 Å². The number of aromatic nitrogens is 1. The van der Waals surface area contributed by atoms with Gasteiger partial charge < -0.3 is 4.74 Å². The Morgan fingerprint density at radius 3 is 2.44 bits per heavy atom. The van der Waals surface area contributed by atoms with Gasteiger partial charge in [-0.25, -0.2) is 0 Å². The van der Waals surface area contributed by atoms with E-state index in [0.29, 0.717) is 32.4 Å². The first-order valence-corrected chi connectivity index (χ1v) is 6.60. The molecule has 0 aliphatic rings. The zero-order valence-corrected chi connectivity index (χ0v) is 12.0. The summed E-state index contributed by atoms with van der Waals surface area (Å²) in [7, 11) is 0. The molecule has 0 aliphatic carbocycles. The highest BCUT2D eigenvalue weighted by atomic mass is 35.5. The fourth-order valence-electron chi connectivity index (χ4n) is 1.31. The molecule has 0 unspecified atom stereocenters. The number of hydrogen-bond acceptors (Lipinski definition) is 2. The zero-order valence-electron chi connectivity index (χ0n) is 8.96. The Bertz CT molecular complexity index is 574. The van der Waals surface area contributed by atoms with E-state index < -0.39 is 0 Å². The average Bonchev–Trinajstić information content (AvgIpc) is 2.36. The summed E-state index contributed by atoms with van der Waals surface area (Å²) < 4.78 is 5.65. The molecule has 1 aromatic carbocycles. The van der Waals surface area contributed by atoms with Crippen molar-refractivity contribution in [3.63, 3.8) is 0 Å². The van der Waals surface area contributed by atoms with Crippen LogP contribution >= 0.6 is 46.4 Å². The molecule has 0 fully saturated rings. The first-order chi connectivity index (χ1) is 8.61. The Kier molecular flexibility index (Phi) is 4.57. The smallest absolute Gasteiger partial charge is 0.150 e. The van der Waals surface area contributed by atoms with E-state index in [1.165, 1.54) is 6.07 Å². The number of nitrogens with zero attached hydrogens (tertiary/aromatic N) is 1. The molecular formula is C12H7Cl4NO. The van der Waals surface area contributed by atoms with Crippen molar-refractivity contribution in [3.05, 3.63) is 51.2 Å². The van der Waals surface area contributed by atoms with Gasteiger partial charge in [0.1, 0.15) is 11.5 Å². The summed E-state index contributed by atoms with van der Waals surface area (Å²) in [5.74, 6) is 1.26. The Balaban J connectivity index is 2.37. The predicted octanol–water partition coefficient (Wildman–Crippen LogP) is 5.57. The zero-order chi connectivity index (χ0) is 13.1. The summed E-state index contributed by atoms with van der Waals surface area (Å²) in [5.41, 5.74) is 0.814. The van der Waals surface area contributed by atoms with Gasteiger partial charge >= 0.3 is 0 Å². The van der Waals surface area contributed by atoms with Crippen LogP contribution in [0.1, 0.15) is 5.56 Å². The van der Waals surface area contributed by atoms with Crippen LogP contribution in [0.4, 0.5) is 0 Å². The Morgan fingerprint density at radius 1 is 1.00 bits per heavy atom. The summed E-state index contributed by atoms with van der Waals surface area (Å²) in [6.07, 6.45) is 3.21. The van der Waals surface area contributed by atoms with Gasteiger partial charge in [0.25, 0.3) is 0 Å². The molecule has 0 spiro atoms. The second kappa shape index (κ2) is 5.98. The second-order valence-electron chi connectivity index (χ2n) is 3.42. The number of rotatable bonds is 3. The predicted molar refractivity (Wildman–Crippen MR) is 75.3 cm³/mol. The Labute approximate surface area is 124 Å². The number of ether oxygens (including phenoxy) is 1. The molecule has 2 nitrogen and oxygen atoms in total. The number of hydrogen-bond donors (Lipinski definition) is 0. The van der Waals surface area contributed by atoms with E-state index in [2.05, 4.69) is 4.98 Å². The molecule has 0 radical (unpaired) electrons. The Morgan fingerprint density at radius 2 is 1.72 bits per heavy atom. The van der Waals surface area contributed by atoms with Gasteiger partial charge in [0, 0.05) is 17.8 Å². The molecule has 0 atom stereocenters. The minimum Gasteiger partial charge on any atom is -0.454 e. The van der Waals surface area contributed by atoms with Crippen molar-refractivity contribution in [1.29, 1.82) is 0 Å². The molecule has 2 aromatic rings. The van der Waals surface area contributed by atoms with Gasteiger partial charge in [-0.3, -0.25) is 4.98 Å². The topological polar surface area (TPSA) is 22.1 Å². The van der Waals surface area contributed by atoms with E-state index in [4.69, 9.17) is 51.1 Å². The number of pyridine rings is 1. The summed E-state index contributed by atoms with van der Waals surface area (Å²) in [6.45, 7) is 0. The lowest BCUT2D eigenvalue weighted by Gasteiger charge is -2.11. The highest BCUT2D eigenvalue weighted by Crippen LogP contribution is 2.37. The van der Waals surface area contributed by atoms with Crippen LogP contribution in [0, 0.1) is 0 Å². The molecule has 0 saturated heterocycles. The summed E-state index contributed by atoms with van der Waals surface area (Å²) in [4.78, 5) is 3.97. The lowest BCUT2D eigenvalue weighted by atomic mass is 10.3. The molecule has 0 aliphatic heterocycles. The molecule has 0 saturated carbocycles. The first kappa shape index (κ1) is 13.8. The van der Waals surface area contributed by atoms with E-state index in [9.17, 15) is 0 Å². The van der Waals surface area contributed by atoms with Gasteiger partial charge in [-0.15, -0.1) is 11.6 Å². The molecular weight excluding hydrogens is 316 g/mol. The molecule has 6 heteroatoms. The van der Waals surface area contributed by atoms with Crippen molar-refractivity contribution in [2.75, 3.05) is 0 Å². The van der Waals surface area contributed by atoms with Crippen molar-refractivity contribution in [1.82, 2.24) is 4.98 Å². The normalized spacial score (nSPS) is 10.4. The van der Waals surface area contributed by atoms with Crippen LogP contribution < -0.4 is 4.74 Å². The molecule has 0 bridgehead atoms. The van der Waals surface area contributed by atoms with Gasteiger partial charge in [0.05, 0.1) is 27.1 Å². The summed E-state index contributed by atoms with van der Waals surface area (Å²) >= 11 is 23.6. The molecule has 18 heavy (non-hydrogen) atoms. The third-order valence-electron chi connectivity index (χ3n) is 2.21. The van der Waals surface area contributed by atoms with Crippen molar-refractivity contribution in [2.45, 2.75) is 5.88 Å². The summed E-state index contributed by atoms with van der Waals surface area (Å²) in [6, 6.07) is 4.85. The van der Waals surface area contributed by atoms with E-state index >= 15 is 0 Å². The van der Waals surface area contributed by atoms with E-state index in [0.717, 1.165) is 5.56 Å². The van der Waals surface area contributed by atoms with Crippen LogP contribution in [0.3, 0.4) is 0 Å². The van der Waals surface area contributed by atoms with Gasteiger partial charge in [-0.1, -0.05) is 34.8 Å². The SMILES string of the molecule is ClCc1ccncc1Oc1cc(Cl)c(Cl)cc1Cl. The van der Waals surface area contributed by atoms with Crippen LogP contribution in [-0.4, -0.2) is 4.98 Å². The van der Waals surface area contributed by atoms with E-state index in [1.54, 1.807) is 24.5 Å². The fourth-order valence-corrected chi connectivity index (χ4v) is 2.11. The first-order valence-electron chi connectivity index (χ1n) is 4.93. The van der Waals surface area contributed by atoms with E-state index in [1.807, 2.05) is 0 Å². The molecule has 94 valence electrons. The van der Waals surface area contributed by atoms with Crippen molar-refractivity contribution < 1.29 is 4.74 Å². The molecule has 0 N–H and O–H groups in total. The van der Waals surface area contributed by atoms with Crippen LogP contribution in [0.15, 0.2) is 30.6 Å². The average molecular weight is 323 g/mol. The van der Waals surface area contributed by atoms with Crippen molar-refractivity contribution in [3.8, 4) is 11.5 Å². The number of halogens is 4. The van der Waals surface area contributed by atoms with Gasteiger partial charge in [-0.2, -0.15) is 0 Å². The lowest BCUT2D eigenvalue weighted by Crippen LogP contribution is -1.91. The third-order valence-corrected chi connectivity index (χ3v) is 3.51. The lowest BCUT2D eigenvalue weighted by molar-refractivity contribution is 0.476. The van der Waals surface area contributed by atoms with Gasteiger partial charge in [-0.05, 0) is 12.1 Å².